The van der Waals surface area contributed by atoms with Gasteiger partial charge in [-0.05, 0) is 52.9 Å². The summed E-state index contributed by atoms with van der Waals surface area (Å²) < 4.78 is 18.8. The number of hydrogen-bond donors (Lipinski definition) is 1. The van der Waals surface area contributed by atoms with E-state index in [0.717, 1.165) is 9.83 Å². The molecule has 0 aliphatic carbocycles. The van der Waals surface area contributed by atoms with Crippen molar-refractivity contribution in [1.82, 2.24) is 5.43 Å². The molecule has 92 valence electrons. The van der Waals surface area contributed by atoms with Crippen molar-refractivity contribution in [2.75, 3.05) is 0 Å². The molecule has 0 atom stereocenters. The number of hydrazone groups is 1. The Morgan fingerprint density at radius 2 is 2.22 bits per heavy atom. The van der Waals surface area contributed by atoms with Crippen molar-refractivity contribution in [1.29, 1.82) is 0 Å². The summed E-state index contributed by atoms with van der Waals surface area (Å²) in [6.07, 6.45) is 1.37. The molecule has 1 amide bonds. The fraction of sp³-hybridized carbons (Fsp3) is 0. The van der Waals surface area contributed by atoms with Gasteiger partial charge in [-0.2, -0.15) is 5.10 Å². The molecule has 1 N–H and O–H groups in total. The van der Waals surface area contributed by atoms with Crippen LogP contribution in [0.5, 0.6) is 0 Å². The van der Waals surface area contributed by atoms with Crippen LogP contribution < -0.4 is 5.43 Å². The molecule has 0 aliphatic rings. The van der Waals surface area contributed by atoms with Gasteiger partial charge in [0, 0.05) is 5.56 Å². The van der Waals surface area contributed by atoms with Crippen molar-refractivity contribution in [3.8, 4) is 0 Å². The minimum Gasteiger partial charge on any atom is -0.449 e. The fourth-order valence-electron chi connectivity index (χ4n) is 1.25. The molecule has 1 aromatic heterocycles. The topological polar surface area (TPSA) is 54.6 Å². The maximum atomic E-state index is 12.9. The van der Waals surface area contributed by atoms with Gasteiger partial charge in [-0.3, -0.25) is 4.79 Å². The van der Waals surface area contributed by atoms with Crippen LogP contribution in [-0.4, -0.2) is 12.1 Å². The van der Waals surface area contributed by atoms with Gasteiger partial charge in [-0.15, -0.1) is 0 Å². The lowest BCUT2D eigenvalue weighted by atomic mass is 10.2. The molecule has 0 unspecified atom stereocenters. The molecule has 0 bridgehead atoms. The summed E-state index contributed by atoms with van der Waals surface area (Å²) in [6, 6.07) is 8.87. The number of furan rings is 1. The first-order valence-corrected chi connectivity index (χ1v) is 6.07. The first-order chi connectivity index (χ1) is 8.65. The second-order valence-electron chi connectivity index (χ2n) is 3.35. The Bertz CT molecular complexity index is 595. The summed E-state index contributed by atoms with van der Waals surface area (Å²) >= 11 is 2.02. The fourth-order valence-corrected chi connectivity index (χ4v) is 1.68. The third kappa shape index (κ3) is 3.39. The Morgan fingerprint density at radius 1 is 1.39 bits per heavy atom. The van der Waals surface area contributed by atoms with E-state index in [9.17, 15) is 9.18 Å². The smallest absolute Gasteiger partial charge is 0.271 e. The Balaban J connectivity index is 1.98. The highest BCUT2D eigenvalue weighted by molar-refractivity contribution is 14.1. The Kier molecular flexibility index (Phi) is 4.08. The summed E-state index contributed by atoms with van der Waals surface area (Å²) in [7, 11) is 0. The minimum atomic E-state index is -0.480. The van der Waals surface area contributed by atoms with Crippen LogP contribution in [0.3, 0.4) is 0 Å². The lowest BCUT2D eigenvalue weighted by molar-refractivity contribution is 0.0954. The van der Waals surface area contributed by atoms with E-state index >= 15 is 0 Å². The van der Waals surface area contributed by atoms with Gasteiger partial charge in [-0.25, -0.2) is 9.82 Å². The number of hydrogen-bond acceptors (Lipinski definition) is 3. The maximum Gasteiger partial charge on any atom is 0.271 e. The molecule has 0 radical (unpaired) electrons. The molecular formula is C12H8FIN2O2. The summed E-state index contributed by atoms with van der Waals surface area (Å²) in [5.74, 6) is -0.418. The number of nitrogens with zero attached hydrogens (tertiary/aromatic N) is 1. The molecule has 0 saturated heterocycles. The predicted octanol–water partition coefficient (Wildman–Crippen LogP) is 2.79. The zero-order valence-corrected chi connectivity index (χ0v) is 11.2. The molecule has 0 fully saturated rings. The van der Waals surface area contributed by atoms with Gasteiger partial charge in [-0.1, -0.05) is 6.07 Å². The lowest BCUT2D eigenvalue weighted by Crippen LogP contribution is -2.17. The van der Waals surface area contributed by atoms with Gasteiger partial charge in [0.25, 0.3) is 5.91 Å². The van der Waals surface area contributed by atoms with Gasteiger partial charge in [0.15, 0.2) is 3.77 Å². The highest BCUT2D eigenvalue weighted by atomic mass is 127. The molecule has 2 rings (SSSR count). The number of carbonyl (C=O) groups excluding carboxylic acids is 1. The van der Waals surface area contributed by atoms with Crippen molar-refractivity contribution in [2.24, 2.45) is 5.10 Å². The zero-order valence-electron chi connectivity index (χ0n) is 9.06. The van der Waals surface area contributed by atoms with Crippen molar-refractivity contribution < 1.29 is 13.6 Å². The zero-order chi connectivity index (χ0) is 13.0. The molecule has 0 spiro atoms. The van der Waals surface area contributed by atoms with E-state index in [1.165, 1.54) is 24.4 Å². The van der Waals surface area contributed by atoms with Crippen LogP contribution in [0.1, 0.15) is 16.1 Å². The molecule has 6 heteroatoms. The minimum absolute atomic E-state index is 0.209. The normalized spacial score (nSPS) is 10.8. The van der Waals surface area contributed by atoms with E-state index in [4.69, 9.17) is 4.42 Å². The maximum absolute atomic E-state index is 12.9. The van der Waals surface area contributed by atoms with Crippen LogP contribution in [0, 0.1) is 9.58 Å². The molecule has 0 aliphatic heterocycles. The van der Waals surface area contributed by atoms with Crippen LogP contribution >= 0.6 is 22.6 Å². The van der Waals surface area contributed by atoms with E-state index in [-0.39, 0.29) is 5.56 Å². The summed E-state index contributed by atoms with van der Waals surface area (Å²) in [5, 5.41) is 3.72. The van der Waals surface area contributed by atoms with Crippen LogP contribution in [0.25, 0.3) is 0 Å². The summed E-state index contributed by atoms with van der Waals surface area (Å²) in [5.41, 5.74) is 2.49. The molecular weight excluding hydrogens is 350 g/mol. The van der Waals surface area contributed by atoms with E-state index in [2.05, 4.69) is 10.5 Å². The second-order valence-corrected chi connectivity index (χ2v) is 4.41. The van der Waals surface area contributed by atoms with Gasteiger partial charge < -0.3 is 4.42 Å². The number of halogens is 2. The third-order valence-corrected chi connectivity index (χ3v) is 2.62. The van der Waals surface area contributed by atoms with Crippen molar-refractivity contribution in [3.05, 3.63) is 57.3 Å². The van der Waals surface area contributed by atoms with Crippen LogP contribution in [0.2, 0.25) is 0 Å². The van der Waals surface area contributed by atoms with E-state index in [1.54, 1.807) is 12.1 Å². The van der Waals surface area contributed by atoms with Crippen LogP contribution in [0.15, 0.2) is 45.9 Å². The average Bonchev–Trinajstić information content (AvgIpc) is 2.75. The van der Waals surface area contributed by atoms with Crippen molar-refractivity contribution >= 4 is 34.7 Å². The first-order valence-electron chi connectivity index (χ1n) is 4.99. The van der Waals surface area contributed by atoms with Gasteiger partial charge >= 0.3 is 0 Å². The highest BCUT2D eigenvalue weighted by Gasteiger charge is 2.04. The number of amides is 1. The largest absolute Gasteiger partial charge is 0.449 e. The van der Waals surface area contributed by atoms with Gasteiger partial charge in [0.05, 0.1) is 6.21 Å². The number of nitrogens with one attached hydrogen (secondary N) is 1. The SMILES string of the molecule is O=C(N/N=C/c1ccc(I)o1)c1cccc(F)c1. The molecule has 1 aromatic carbocycles. The van der Waals surface area contributed by atoms with E-state index in [0.29, 0.717) is 5.76 Å². The van der Waals surface area contributed by atoms with Crippen molar-refractivity contribution in [3.63, 3.8) is 0 Å². The third-order valence-electron chi connectivity index (χ3n) is 2.04. The highest BCUT2D eigenvalue weighted by Crippen LogP contribution is 2.07. The Morgan fingerprint density at radius 3 is 2.89 bits per heavy atom. The van der Waals surface area contributed by atoms with E-state index < -0.39 is 11.7 Å². The predicted molar refractivity (Wildman–Crippen MR) is 72.9 cm³/mol. The summed E-state index contributed by atoms with van der Waals surface area (Å²) in [6.45, 7) is 0. The molecule has 18 heavy (non-hydrogen) atoms. The average molecular weight is 358 g/mol. The standard InChI is InChI=1S/C12H8FIN2O2/c13-9-3-1-2-8(6-9)12(17)16-15-7-10-4-5-11(14)18-10/h1-7H,(H,16,17)/b15-7+. The number of rotatable bonds is 3. The van der Waals surface area contributed by atoms with Crippen molar-refractivity contribution in [2.45, 2.75) is 0 Å². The van der Waals surface area contributed by atoms with Gasteiger partial charge in [0.1, 0.15) is 11.6 Å². The number of benzene rings is 1. The van der Waals surface area contributed by atoms with Crippen LogP contribution in [-0.2, 0) is 0 Å². The quantitative estimate of drug-likeness (QED) is 0.521. The second kappa shape index (κ2) is 5.76. The number of carbonyl (C=O) groups is 1. The first kappa shape index (κ1) is 12.7. The van der Waals surface area contributed by atoms with E-state index in [1.807, 2.05) is 22.6 Å². The summed E-state index contributed by atoms with van der Waals surface area (Å²) in [4.78, 5) is 11.6. The van der Waals surface area contributed by atoms with Gasteiger partial charge in [0.2, 0.25) is 0 Å². The Labute approximate surface area is 116 Å². The molecule has 2 aromatic rings. The molecule has 0 saturated carbocycles. The molecule has 1 heterocycles. The Hall–Kier alpha value is -1.70. The lowest BCUT2D eigenvalue weighted by Gasteiger charge is -1.98. The van der Waals surface area contributed by atoms with Crippen LogP contribution in [0.4, 0.5) is 4.39 Å². The molecule has 4 nitrogen and oxygen atoms in total. The monoisotopic (exact) mass is 358 g/mol.